The van der Waals surface area contributed by atoms with Gasteiger partial charge in [0.05, 0.1) is 0 Å². The van der Waals surface area contributed by atoms with Gasteiger partial charge in [-0.3, -0.25) is 15.0 Å². The highest BCUT2D eigenvalue weighted by Crippen LogP contribution is 2.08. The van der Waals surface area contributed by atoms with E-state index in [-0.39, 0.29) is 0 Å². The molecule has 39 heavy (non-hydrogen) atoms. The minimum absolute atomic E-state index is 0.775. The van der Waals surface area contributed by atoms with Crippen molar-refractivity contribution in [2.24, 2.45) is 17.8 Å². The van der Waals surface area contributed by atoms with E-state index in [9.17, 15) is 0 Å². The van der Waals surface area contributed by atoms with E-state index >= 15 is 0 Å². The van der Waals surface area contributed by atoms with Crippen LogP contribution in [0.5, 0.6) is 0 Å². The van der Waals surface area contributed by atoms with E-state index in [0.29, 0.717) is 0 Å². The molecule has 3 aromatic heterocycles. The molecule has 0 N–H and O–H groups in total. The monoisotopic (exact) mass is 538 g/mol. The van der Waals surface area contributed by atoms with Crippen LogP contribution in [0, 0.1) is 17.8 Å². The van der Waals surface area contributed by atoms with Crippen LogP contribution in [0.4, 0.5) is 0 Å². The second-order valence-corrected chi connectivity index (χ2v) is 9.84. The molecule has 222 valence electrons. The summed E-state index contributed by atoms with van der Waals surface area (Å²) in [5.74, 6) is 2.36. The Kier molecular flexibility index (Phi) is 33.2. The van der Waals surface area contributed by atoms with Gasteiger partial charge in [-0.2, -0.15) is 0 Å². The van der Waals surface area contributed by atoms with Crippen LogP contribution in [0.15, 0.2) is 73.4 Å². The van der Waals surface area contributed by atoms with Gasteiger partial charge in [-0.05, 0) is 97.7 Å². The summed E-state index contributed by atoms with van der Waals surface area (Å²) in [6, 6.07) is 14.4. The zero-order valence-corrected chi connectivity index (χ0v) is 27.7. The van der Waals surface area contributed by atoms with Gasteiger partial charge in [0.2, 0.25) is 0 Å². The highest BCUT2D eigenvalue weighted by Gasteiger charge is 1.97. The Bertz CT molecular complexity index is 688. The number of hydrogen-bond acceptors (Lipinski definition) is 3. The number of pyridine rings is 3. The lowest BCUT2D eigenvalue weighted by atomic mass is 10.0. The van der Waals surface area contributed by atoms with Gasteiger partial charge in [0, 0.05) is 36.7 Å². The molecule has 0 aliphatic carbocycles. The van der Waals surface area contributed by atoms with Gasteiger partial charge in [0.1, 0.15) is 0 Å². The smallest absolute Gasteiger partial charge is 0.0403 e. The van der Waals surface area contributed by atoms with Crippen LogP contribution in [-0.4, -0.2) is 15.0 Å². The zero-order valence-electron chi connectivity index (χ0n) is 27.7. The summed E-state index contributed by atoms with van der Waals surface area (Å²) in [4.78, 5) is 12.3. The van der Waals surface area contributed by atoms with E-state index in [4.69, 9.17) is 0 Å². The van der Waals surface area contributed by atoms with Gasteiger partial charge in [-0.15, -0.1) is 0 Å². The van der Waals surface area contributed by atoms with E-state index in [2.05, 4.69) is 80.8 Å². The molecular weight excluding hydrogens is 474 g/mol. The molecular formula is C36H63N3. The van der Waals surface area contributed by atoms with Crippen molar-refractivity contribution in [1.82, 2.24) is 15.0 Å². The Morgan fingerprint density at radius 3 is 1.44 bits per heavy atom. The average molecular weight is 538 g/mol. The lowest BCUT2D eigenvalue weighted by Gasteiger charge is -2.02. The van der Waals surface area contributed by atoms with E-state index in [1.807, 2.05) is 90.7 Å². The Balaban J connectivity index is -0.000000453. The maximum absolute atomic E-state index is 4.25. The Morgan fingerprint density at radius 2 is 1.00 bits per heavy atom. The third-order valence-electron chi connectivity index (χ3n) is 5.20. The standard InChI is InChI=1S/3C10H15N.3C2H6/c1-9(2)3-4-10-5-7-11-8-6-10;1-9(2)5-6-10-4-3-7-11-8-10;1-9(2)6-7-10-5-3-4-8-11-10;3*1-2/h5-9H,3-4H2,1-2H3;3-4,7-9H,5-6H2,1-2H3;3-5,8-9H,6-7H2,1-2H3;3*1-2H3. The topological polar surface area (TPSA) is 38.7 Å². The highest BCUT2D eigenvalue weighted by molar-refractivity contribution is 5.09. The summed E-state index contributed by atoms with van der Waals surface area (Å²) in [7, 11) is 0. The summed E-state index contributed by atoms with van der Waals surface area (Å²) < 4.78 is 0. The quantitative estimate of drug-likeness (QED) is 0.272. The lowest BCUT2D eigenvalue weighted by molar-refractivity contribution is 0.581. The summed E-state index contributed by atoms with van der Waals surface area (Å²) >= 11 is 0. The molecule has 3 nitrogen and oxygen atoms in total. The minimum atomic E-state index is 0.775. The molecule has 0 saturated carbocycles. The lowest BCUT2D eigenvalue weighted by Crippen LogP contribution is -1.93. The van der Waals surface area contributed by atoms with Gasteiger partial charge in [-0.25, -0.2) is 0 Å². The number of aromatic nitrogens is 3. The van der Waals surface area contributed by atoms with Crippen LogP contribution in [0.25, 0.3) is 0 Å². The van der Waals surface area contributed by atoms with Crippen LogP contribution in [-0.2, 0) is 19.3 Å². The first-order valence-electron chi connectivity index (χ1n) is 15.5. The highest BCUT2D eigenvalue weighted by atomic mass is 14.7. The maximum Gasteiger partial charge on any atom is 0.0403 e. The Hall–Kier alpha value is -2.55. The summed E-state index contributed by atoms with van der Waals surface area (Å²) in [5, 5.41) is 0. The third kappa shape index (κ3) is 29.9. The molecule has 3 heteroatoms. The zero-order chi connectivity index (χ0) is 30.3. The normalized spacial score (nSPS) is 9.31. The minimum Gasteiger partial charge on any atom is -0.265 e. The van der Waals surface area contributed by atoms with Crippen molar-refractivity contribution in [1.29, 1.82) is 0 Å². The van der Waals surface area contributed by atoms with Crippen molar-refractivity contribution in [3.63, 3.8) is 0 Å². The second kappa shape index (κ2) is 31.7. The maximum atomic E-state index is 4.25. The van der Waals surface area contributed by atoms with E-state index in [1.165, 1.54) is 42.5 Å². The molecule has 0 bridgehead atoms. The largest absolute Gasteiger partial charge is 0.265 e. The Morgan fingerprint density at radius 1 is 0.487 bits per heavy atom. The van der Waals surface area contributed by atoms with Crippen LogP contribution >= 0.6 is 0 Å². The number of hydrogen-bond donors (Lipinski definition) is 0. The number of aryl methyl sites for hydroxylation is 3. The average Bonchev–Trinajstić information content (AvgIpc) is 2.99. The van der Waals surface area contributed by atoms with Gasteiger partial charge < -0.3 is 0 Å². The molecule has 0 unspecified atom stereocenters. The van der Waals surface area contributed by atoms with Gasteiger partial charge in [-0.1, -0.05) is 95.2 Å². The summed E-state index contributed by atoms with van der Waals surface area (Å²) in [5.41, 5.74) is 3.95. The SMILES string of the molecule is CC.CC.CC.CC(C)CCc1ccccn1.CC(C)CCc1cccnc1.CC(C)CCc1ccncc1. The molecule has 0 aliphatic rings. The fraction of sp³-hybridized carbons (Fsp3) is 0.583. The van der Waals surface area contributed by atoms with E-state index in [0.717, 1.165) is 30.6 Å². The van der Waals surface area contributed by atoms with Crippen LogP contribution in [0.2, 0.25) is 0 Å². The Labute approximate surface area is 244 Å². The van der Waals surface area contributed by atoms with Crippen LogP contribution < -0.4 is 0 Å². The first kappa shape index (κ1) is 40.9. The molecule has 0 spiro atoms. The summed E-state index contributed by atoms with van der Waals surface area (Å²) in [6.45, 7) is 25.5. The van der Waals surface area contributed by atoms with E-state index < -0.39 is 0 Å². The molecule has 0 aromatic carbocycles. The predicted octanol–water partition coefficient (Wildman–Crippen LogP) is 11.1. The molecule has 0 fully saturated rings. The first-order valence-corrected chi connectivity index (χ1v) is 15.5. The molecule has 0 aliphatic heterocycles. The van der Waals surface area contributed by atoms with Crippen LogP contribution in [0.1, 0.15) is 119 Å². The molecule has 3 rings (SSSR count). The summed E-state index contributed by atoms with van der Waals surface area (Å²) in [6.07, 6.45) is 16.5. The molecule has 0 radical (unpaired) electrons. The van der Waals surface area contributed by atoms with Gasteiger partial charge in [0.15, 0.2) is 0 Å². The number of nitrogens with zero attached hydrogens (tertiary/aromatic N) is 3. The second-order valence-electron chi connectivity index (χ2n) is 9.84. The fourth-order valence-electron chi connectivity index (χ4n) is 2.99. The van der Waals surface area contributed by atoms with Crippen molar-refractivity contribution in [3.8, 4) is 0 Å². The molecule has 3 aromatic rings. The predicted molar refractivity (Wildman–Crippen MR) is 176 cm³/mol. The molecule has 0 saturated heterocycles. The van der Waals surface area contributed by atoms with Gasteiger partial charge in [0.25, 0.3) is 0 Å². The van der Waals surface area contributed by atoms with Crippen molar-refractivity contribution >= 4 is 0 Å². The third-order valence-corrected chi connectivity index (χ3v) is 5.20. The van der Waals surface area contributed by atoms with E-state index in [1.54, 1.807) is 0 Å². The van der Waals surface area contributed by atoms with Crippen molar-refractivity contribution < 1.29 is 0 Å². The van der Waals surface area contributed by atoms with Crippen molar-refractivity contribution in [2.75, 3.05) is 0 Å². The van der Waals surface area contributed by atoms with Crippen LogP contribution in [0.3, 0.4) is 0 Å². The van der Waals surface area contributed by atoms with Gasteiger partial charge >= 0.3 is 0 Å². The molecule has 3 heterocycles. The molecule has 0 atom stereocenters. The fourth-order valence-corrected chi connectivity index (χ4v) is 2.99. The van der Waals surface area contributed by atoms with Crippen molar-refractivity contribution in [3.05, 3.63) is 90.3 Å². The number of rotatable bonds is 9. The van der Waals surface area contributed by atoms with Crippen molar-refractivity contribution in [2.45, 2.75) is 122 Å². The first-order chi connectivity index (χ1) is 18.9. The molecule has 0 amide bonds.